The summed E-state index contributed by atoms with van der Waals surface area (Å²) in [5.41, 5.74) is 2.22. The van der Waals surface area contributed by atoms with Gasteiger partial charge in [0, 0.05) is 57.5 Å². The molecule has 2 N–H and O–H groups in total. The van der Waals surface area contributed by atoms with Gasteiger partial charge in [-0.2, -0.15) is 0 Å². The first-order valence-electron chi connectivity index (χ1n) is 20.1. The number of hydrogen-bond acceptors (Lipinski definition) is 12. The Hall–Kier alpha value is -1.29. The highest BCUT2D eigenvalue weighted by molar-refractivity contribution is 5.79. The lowest BCUT2D eigenvalue weighted by Gasteiger charge is -2.47. The summed E-state index contributed by atoms with van der Waals surface area (Å²) < 4.78 is 60.1. The molecule has 12 heteroatoms. The first-order chi connectivity index (χ1) is 25.1. The van der Waals surface area contributed by atoms with Gasteiger partial charge in [-0.1, -0.05) is 20.1 Å². The summed E-state index contributed by atoms with van der Waals surface area (Å²) >= 11 is 0. The van der Waals surface area contributed by atoms with Crippen LogP contribution in [0.5, 0.6) is 0 Å². The van der Waals surface area contributed by atoms with Gasteiger partial charge in [0.1, 0.15) is 36.3 Å². The number of aliphatic hydroxyl groups excluding tert-OH is 2. The van der Waals surface area contributed by atoms with E-state index in [1.165, 1.54) is 5.57 Å². The van der Waals surface area contributed by atoms with Gasteiger partial charge in [0.05, 0.1) is 73.8 Å². The van der Waals surface area contributed by atoms with E-state index >= 15 is 0 Å². The quantitative estimate of drug-likeness (QED) is 0.412. The van der Waals surface area contributed by atoms with Crippen LogP contribution in [0, 0.1) is 23.7 Å². The largest absolute Gasteiger partial charge is 0.394 e. The topological polar surface area (TPSA) is 141 Å². The van der Waals surface area contributed by atoms with Crippen molar-refractivity contribution in [2.75, 3.05) is 13.7 Å². The molecule has 11 aliphatic heterocycles. The van der Waals surface area contributed by atoms with E-state index in [4.69, 9.17) is 42.6 Å². The maximum Gasteiger partial charge on any atom is 0.172 e. The Bertz CT molecular complexity index is 1440. The fourth-order valence-corrected chi connectivity index (χ4v) is 12.0. The second-order valence-electron chi connectivity index (χ2n) is 17.8. The summed E-state index contributed by atoms with van der Waals surface area (Å²) in [7, 11) is 1.63. The molecule has 288 valence electrons. The Balaban J connectivity index is 0.939. The molecular weight excluding hydrogens is 672 g/mol. The highest BCUT2D eigenvalue weighted by atomic mass is 16.8. The average Bonchev–Trinajstić information content (AvgIpc) is 3.29. The number of Topliss-reactive ketones (excluding diaryl/α,β-unsaturated/α-hetero) is 1. The van der Waals surface area contributed by atoms with Crippen molar-refractivity contribution in [3.8, 4) is 0 Å². The molecule has 1 saturated carbocycles. The highest BCUT2D eigenvalue weighted by Gasteiger charge is 2.71. The Morgan fingerprint density at radius 3 is 2.35 bits per heavy atom. The van der Waals surface area contributed by atoms with Crippen molar-refractivity contribution in [2.45, 2.75) is 181 Å². The van der Waals surface area contributed by atoms with Crippen molar-refractivity contribution in [1.29, 1.82) is 0 Å². The minimum atomic E-state index is -0.949. The number of aliphatic hydroxyl groups is 2. The Labute approximate surface area is 305 Å². The molecule has 0 aromatic heterocycles. The lowest BCUT2D eigenvalue weighted by Crippen LogP contribution is -2.61. The zero-order chi connectivity index (χ0) is 35.6. The number of rotatable bonds is 4. The van der Waals surface area contributed by atoms with Gasteiger partial charge in [-0.05, 0) is 55.1 Å². The van der Waals surface area contributed by atoms with Crippen molar-refractivity contribution >= 4 is 5.78 Å². The van der Waals surface area contributed by atoms with Gasteiger partial charge in [-0.3, -0.25) is 4.79 Å². The van der Waals surface area contributed by atoms with Crippen LogP contribution in [-0.2, 0) is 47.4 Å². The maximum absolute atomic E-state index is 14.0. The van der Waals surface area contributed by atoms with E-state index in [-0.39, 0.29) is 123 Å². The molecule has 1 spiro atoms. The van der Waals surface area contributed by atoms with Gasteiger partial charge in [-0.25, -0.2) is 0 Å². The van der Waals surface area contributed by atoms with Crippen molar-refractivity contribution in [1.82, 2.24) is 0 Å². The Morgan fingerprint density at radius 2 is 1.56 bits per heavy atom. The molecule has 14 bridgehead atoms. The fraction of sp³-hybridized carbons (Fsp3) is 0.875. The summed E-state index contributed by atoms with van der Waals surface area (Å²) in [5, 5.41) is 20.1. The van der Waals surface area contributed by atoms with Gasteiger partial charge in [0.25, 0.3) is 0 Å². The van der Waals surface area contributed by atoms with Crippen LogP contribution in [0.15, 0.2) is 24.3 Å². The van der Waals surface area contributed by atoms with E-state index in [0.717, 1.165) is 37.7 Å². The van der Waals surface area contributed by atoms with Crippen molar-refractivity contribution < 1.29 is 57.6 Å². The number of ether oxygens (including phenoxy) is 9. The van der Waals surface area contributed by atoms with E-state index in [0.29, 0.717) is 31.1 Å². The predicted molar refractivity (Wildman–Crippen MR) is 182 cm³/mol. The standard InChI is InChI=1S/C40H56O12/c1-17-9-22-5-7-26-19(3)32-25(34(32)48-26)14-40-15-31-36(51-40)37-38(50-31)39(52-40)35-27(49-37)8-6-23(46-35)10-20(42)11-24-29(13-28(45-22)18(17)2)47-30(33(24)44-4)12-21(43)16-41/h17,21-39,41,43H,2-3,5-16H2,1,4H3/t17?,21?,22?,23?,24?,25?,26-,27?,28?,29-,30?,31?,32?,33+,34?,35-,36?,37-,38?,39?,40-/m0/s1. The minimum Gasteiger partial charge on any atom is -0.394 e. The second-order valence-corrected chi connectivity index (χ2v) is 17.8. The SMILES string of the molecule is C=C1C(C)CC2CC[C@@H]3OC4C(C[C@@]56CC7OC8C(O5)[C@H]5OC(CCC5O[C@H]8C7O6)CC(=O)CC5[C@@H](OC)C(CC(O)CO)O[C@H]5CC1O2)C4C3=C. The molecule has 21 atom stereocenters. The molecule has 12 aliphatic rings. The molecule has 11 saturated heterocycles. The van der Waals surface area contributed by atoms with Crippen LogP contribution in [0.2, 0.25) is 0 Å². The van der Waals surface area contributed by atoms with E-state index in [2.05, 4.69) is 20.1 Å². The zero-order valence-electron chi connectivity index (χ0n) is 30.4. The first kappa shape index (κ1) is 35.1. The first-order valence-corrected chi connectivity index (χ1v) is 20.1. The van der Waals surface area contributed by atoms with E-state index in [9.17, 15) is 15.0 Å². The maximum atomic E-state index is 14.0. The molecule has 15 unspecified atom stereocenters. The molecule has 52 heavy (non-hydrogen) atoms. The smallest absolute Gasteiger partial charge is 0.172 e. The molecule has 0 aromatic carbocycles. The molecular formula is C40H56O12. The van der Waals surface area contributed by atoms with Gasteiger partial charge in [0.2, 0.25) is 0 Å². The summed E-state index contributed by atoms with van der Waals surface area (Å²) in [6.45, 7) is 10.9. The molecule has 0 amide bonds. The molecule has 11 heterocycles. The fourth-order valence-electron chi connectivity index (χ4n) is 12.0. The lowest BCUT2D eigenvalue weighted by molar-refractivity contribution is -0.293. The van der Waals surface area contributed by atoms with E-state index in [1.807, 2.05) is 0 Å². The van der Waals surface area contributed by atoms with E-state index < -0.39 is 24.1 Å². The summed E-state index contributed by atoms with van der Waals surface area (Å²) in [5.74, 6) is -0.101. The Kier molecular flexibility index (Phi) is 8.89. The second kappa shape index (κ2) is 13.1. The Morgan fingerprint density at radius 1 is 0.769 bits per heavy atom. The zero-order valence-corrected chi connectivity index (χ0v) is 30.4. The van der Waals surface area contributed by atoms with E-state index in [1.54, 1.807) is 7.11 Å². The van der Waals surface area contributed by atoms with Crippen molar-refractivity contribution in [2.24, 2.45) is 23.7 Å². The third-order valence-electron chi connectivity index (χ3n) is 14.6. The normalized spacial score (nSPS) is 55.6. The van der Waals surface area contributed by atoms with Gasteiger partial charge in [0.15, 0.2) is 5.79 Å². The molecule has 12 nitrogen and oxygen atoms in total. The van der Waals surface area contributed by atoms with Crippen molar-refractivity contribution in [3.05, 3.63) is 24.3 Å². The van der Waals surface area contributed by atoms with Crippen molar-refractivity contribution in [3.63, 3.8) is 0 Å². The van der Waals surface area contributed by atoms with Crippen LogP contribution in [0.25, 0.3) is 0 Å². The number of fused-ring (bicyclic) bond motifs is 3. The molecule has 1 aliphatic carbocycles. The molecule has 0 aromatic rings. The van der Waals surface area contributed by atoms with Crippen LogP contribution in [0.3, 0.4) is 0 Å². The molecule has 12 rings (SSSR count). The number of methoxy groups -OCH3 is 1. The third-order valence-corrected chi connectivity index (χ3v) is 14.6. The summed E-state index contributed by atoms with van der Waals surface area (Å²) in [4.78, 5) is 14.0. The van der Waals surface area contributed by atoms with Crippen LogP contribution >= 0.6 is 0 Å². The summed E-state index contributed by atoms with van der Waals surface area (Å²) in [6, 6.07) is 0. The predicted octanol–water partition coefficient (Wildman–Crippen LogP) is 2.94. The number of carbonyl (C=O) groups excluding carboxylic acids is 1. The van der Waals surface area contributed by atoms with Crippen LogP contribution in [0.1, 0.15) is 77.6 Å². The van der Waals surface area contributed by atoms with Crippen LogP contribution < -0.4 is 0 Å². The monoisotopic (exact) mass is 728 g/mol. The van der Waals surface area contributed by atoms with Gasteiger partial charge in [-0.15, -0.1) is 0 Å². The number of ketones is 1. The van der Waals surface area contributed by atoms with Gasteiger partial charge >= 0.3 is 0 Å². The summed E-state index contributed by atoms with van der Waals surface area (Å²) in [6.07, 6.45) is 2.65. The third kappa shape index (κ3) is 5.76. The van der Waals surface area contributed by atoms with Crippen LogP contribution in [0.4, 0.5) is 0 Å². The van der Waals surface area contributed by atoms with Crippen LogP contribution in [-0.4, -0.2) is 133 Å². The lowest BCUT2D eigenvalue weighted by atomic mass is 9.81. The average molecular weight is 729 g/mol. The van der Waals surface area contributed by atoms with Gasteiger partial charge < -0.3 is 52.8 Å². The highest BCUT2D eigenvalue weighted by Crippen LogP contribution is 2.62. The molecule has 12 fully saturated rings. The molecule has 0 radical (unpaired) electrons. The number of hydrogen-bond donors (Lipinski definition) is 2. The minimum absolute atomic E-state index is 0.00297. The number of carbonyl (C=O) groups is 1.